The van der Waals surface area contributed by atoms with Gasteiger partial charge in [0.1, 0.15) is 0 Å². The predicted octanol–water partition coefficient (Wildman–Crippen LogP) is 1.54. The SMILES string of the molecule is [As]C1CCc2cccc(N3CCNCC3)c2C1. The van der Waals surface area contributed by atoms with Gasteiger partial charge in [-0.05, 0) is 0 Å². The van der Waals surface area contributed by atoms with Crippen LogP contribution in [0.1, 0.15) is 17.5 Å². The van der Waals surface area contributed by atoms with Crippen LogP contribution >= 0.6 is 0 Å². The summed E-state index contributed by atoms with van der Waals surface area (Å²) in [6.07, 6.45) is 3.84. The summed E-state index contributed by atoms with van der Waals surface area (Å²) in [6.45, 7) is 4.55. The van der Waals surface area contributed by atoms with E-state index in [1.54, 1.807) is 11.1 Å². The summed E-state index contributed by atoms with van der Waals surface area (Å²) >= 11 is 2.85. The van der Waals surface area contributed by atoms with Gasteiger partial charge in [-0.3, -0.25) is 0 Å². The molecule has 2 radical (unpaired) electrons. The molecule has 90 valence electrons. The van der Waals surface area contributed by atoms with Crippen LogP contribution in [0.25, 0.3) is 0 Å². The molecule has 0 spiro atoms. The van der Waals surface area contributed by atoms with Gasteiger partial charge in [0.15, 0.2) is 0 Å². The third-order valence-corrected chi connectivity index (χ3v) is 4.82. The fourth-order valence-corrected chi connectivity index (χ4v) is 3.61. The summed E-state index contributed by atoms with van der Waals surface area (Å²) in [6, 6.07) is 6.87. The molecule has 3 rings (SSSR count). The van der Waals surface area contributed by atoms with Gasteiger partial charge in [-0.15, -0.1) is 0 Å². The van der Waals surface area contributed by atoms with Gasteiger partial charge in [0.05, 0.1) is 0 Å². The van der Waals surface area contributed by atoms with E-state index in [-0.39, 0.29) is 0 Å². The first-order valence-corrected chi connectivity index (χ1v) is 7.67. The summed E-state index contributed by atoms with van der Waals surface area (Å²) < 4.78 is 0.791. The summed E-state index contributed by atoms with van der Waals surface area (Å²) in [7, 11) is 0. The molecule has 0 saturated carbocycles. The number of nitrogens with one attached hydrogen (secondary N) is 1. The van der Waals surface area contributed by atoms with Gasteiger partial charge in [-0.25, -0.2) is 0 Å². The van der Waals surface area contributed by atoms with Crippen LogP contribution in [-0.2, 0) is 12.8 Å². The van der Waals surface area contributed by atoms with Crippen LogP contribution in [0, 0.1) is 0 Å². The van der Waals surface area contributed by atoms with Crippen molar-refractivity contribution in [3.63, 3.8) is 0 Å². The van der Waals surface area contributed by atoms with E-state index in [9.17, 15) is 0 Å². The monoisotopic (exact) mass is 290 g/mol. The number of rotatable bonds is 1. The molecular weight excluding hydrogens is 271 g/mol. The van der Waals surface area contributed by atoms with Crippen molar-refractivity contribution in [3.8, 4) is 0 Å². The Hall–Kier alpha value is -0.462. The van der Waals surface area contributed by atoms with Gasteiger partial charge >= 0.3 is 112 Å². The molecule has 1 aliphatic heterocycles. The second-order valence-electron chi connectivity index (χ2n) is 5.05. The van der Waals surface area contributed by atoms with Crippen molar-refractivity contribution in [3.05, 3.63) is 29.3 Å². The van der Waals surface area contributed by atoms with Crippen molar-refractivity contribution in [1.29, 1.82) is 0 Å². The van der Waals surface area contributed by atoms with Crippen molar-refractivity contribution in [2.24, 2.45) is 0 Å². The van der Waals surface area contributed by atoms with E-state index in [0.717, 1.165) is 30.9 Å². The van der Waals surface area contributed by atoms with Gasteiger partial charge in [0, 0.05) is 0 Å². The molecule has 0 aromatic heterocycles. The Morgan fingerprint density at radius 1 is 1.24 bits per heavy atom. The van der Waals surface area contributed by atoms with E-state index in [2.05, 4.69) is 45.3 Å². The number of fused-ring (bicyclic) bond motifs is 1. The van der Waals surface area contributed by atoms with E-state index in [1.165, 1.54) is 24.9 Å². The van der Waals surface area contributed by atoms with E-state index < -0.39 is 0 Å². The number of benzene rings is 1. The second-order valence-corrected chi connectivity index (χ2v) is 6.58. The molecule has 1 heterocycles. The molecule has 2 aliphatic rings. The molecule has 1 saturated heterocycles. The van der Waals surface area contributed by atoms with Gasteiger partial charge < -0.3 is 0 Å². The Morgan fingerprint density at radius 3 is 2.88 bits per heavy atom. The first-order valence-electron chi connectivity index (χ1n) is 6.59. The number of hydrogen-bond donors (Lipinski definition) is 1. The van der Waals surface area contributed by atoms with E-state index >= 15 is 0 Å². The van der Waals surface area contributed by atoms with Crippen molar-refractivity contribution >= 4 is 22.5 Å². The number of anilines is 1. The quantitative estimate of drug-likeness (QED) is 0.789. The molecule has 1 fully saturated rings. The molecule has 0 bridgehead atoms. The molecule has 2 nitrogen and oxygen atoms in total. The van der Waals surface area contributed by atoms with Crippen LogP contribution in [0.3, 0.4) is 0 Å². The number of piperazine rings is 1. The van der Waals surface area contributed by atoms with Gasteiger partial charge in [0.2, 0.25) is 0 Å². The zero-order valence-electron chi connectivity index (χ0n) is 10.2. The fraction of sp³-hybridized carbons (Fsp3) is 0.571. The molecular formula is C14H19AsN2. The first-order chi connectivity index (χ1) is 8.34. The summed E-state index contributed by atoms with van der Waals surface area (Å²) in [4.78, 5) is 2.56. The second kappa shape index (κ2) is 5.04. The molecule has 1 N–H and O–H groups in total. The molecule has 3 heteroatoms. The average molecular weight is 290 g/mol. The summed E-state index contributed by atoms with van der Waals surface area (Å²) in [5.41, 5.74) is 4.70. The molecule has 1 aliphatic carbocycles. The molecule has 1 atom stereocenters. The van der Waals surface area contributed by atoms with Crippen molar-refractivity contribution in [2.75, 3.05) is 31.1 Å². The molecule has 1 unspecified atom stereocenters. The predicted molar refractivity (Wildman–Crippen MR) is 73.1 cm³/mol. The average Bonchev–Trinajstić information content (AvgIpc) is 2.39. The third kappa shape index (κ3) is 2.39. The third-order valence-electron chi connectivity index (χ3n) is 3.89. The minimum absolute atomic E-state index is 0.791. The van der Waals surface area contributed by atoms with Crippen LogP contribution in [0.4, 0.5) is 5.69 Å². The molecule has 1 aromatic rings. The zero-order chi connectivity index (χ0) is 11.7. The van der Waals surface area contributed by atoms with Crippen LogP contribution in [0.15, 0.2) is 18.2 Å². The van der Waals surface area contributed by atoms with E-state index in [4.69, 9.17) is 0 Å². The topological polar surface area (TPSA) is 15.3 Å². The van der Waals surface area contributed by atoms with Gasteiger partial charge in [-0.2, -0.15) is 0 Å². The Morgan fingerprint density at radius 2 is 2.06 bits per heavy atom. The maximum atomic E-state index is 3.43. The Kier molecular flexibility index (Phi) is 3.44. The normalized spacial score (nSPS) is 24.5. The van der Waals surface area contributed by atoms with E-state index in [1.807, 2.05) is 0 Å². The van der Waals surface area contributed by atoms with E-state index in [0.29, 0.717) is 0 Å². The van der Waals surface area contributed by atoms with Gasteiger partial charge in [0.25, 0.3) is 0 Å². The minimum atomic E-state index is 0.791. The van der Waals surface area contributed by atoms with Crippen molar-refractivity contribution < 1.29 is 0 Å². The number of aryl methyl sites for hydroxylation is 1. The molecule has 1 aromatic carbocycles. The Bertz CT molecular complexity index is 399. The van der Waals surface area contributed by atoms with Crippen molar-refractivity contribution in [1.82, 2.24) is 5.32 Å². The Balaban J connectivity index is 1.93. The number of hydrogen-bond acceptors (Lipinski definition) is 2. The first kappa shape index (κ1) is 11.6. The Labute approximate surface area is 112 Å². The van der Waals surface area contributed by atoms with Crippen LogP contribution in [0.2, 0.25) is 4.71 Å². The number of nitrogens with zero attached hydrogens (tertiary/aromatic N) is 1. The van der Waals surface area contributed by atoms with Crippen LogP contribution < -0.4 is 10.2 Å². The molecule has 17 heavy (non-hydrogen) atoms. The summed E-state index contributed by atoms with van der Waals surface area (Å²) in [5, 5.41) is 3.43. The maximum absolute atomic E-state index is 3.43. The zero-order valence-corrected chi connectivity index (χ0v) is 12.0. The van der Waals surface area contributed by atoms with Gasteiger partial charge in [-0.1, -0.05) is 0 Å². The molecule has 0 amide bonds. The standard InChI is InChI=1S/C14H19AsN2/c15-12-5-4-11-2-1-3-14(13(11)10-12)17-8-6-16-7-9-17/h1-3,12,16H,4-10H2. The fourth-order valence-electron chi connectivity index (χ4n) is 2.95. The van der Waals surface area contributed by atoms with Crippen molar-refractivity contribution in [2.45, 2.75) is 24.0 Å². The van der Waals surface area contributed by atoms with Crippen LogP contribution in [0.5, 0.6) is 0 Å². The summed E-state index contributed by atoms with van der Waals surface area (Å²) in [5.74, 6) is 0. The van der Waals surface area contributed by atoms with Crippen LogP contribution in [-0.4, -0.2) is 43.0 Å².